The number of fused-ring (bicyclic) bond motifs is 1. The van der Waals surface area contributed by atoms with Crippen LogP contribution in [0.4, 0.5) is 5.95 Å². The molecule has 1 saturated heterocycles. The number of rotatable bonds is 5. The molecule has 33 heavy (non-hydrogen) atoms. The first-order valence-corrected chi connectivity index (χ1v) is 11.5. The number of aromatic nitrogens is 4. The highest BCUT2D eigenvalue weighted by molar-refractivity contribution is 6.33. The molecule has 7 nitrogen and oxygen atoms in total. The second-order valence-corrected chi connectivity index (χ2v) is 8.68. The maximum Gasteiger partial charge on any atom is 0.260 e. The Morgan fingerprint density at radius 3 is 2.82 bits per heavy atom. The van der Waals surface area contributed by atoms with Gasteiger partial charge in [0.15, 0.2) is 0 Å². The fourth-order valence-electron chi connectivity index (χ4n) is 4.34. The Labute approximate surface area is 196 Å². The maximum atomic E-state index is 13.4. The van der Waals surface area contributed by atoms with Crippen molar-refractivity contribution in [1.82, 2.24) is 24.8 Å². The van der Waals surface area contributed by atoms with Gasteiger partial charge in [-0.2, -0.15) is 4.98 Å². The molecule has 0 aliphatic carbocycles. The minimum atomic E-state index is -0.124. The van der Waals surface area contributed by atoms with Gasteiger partial charge in [0.2, 0.25) is 5.95 Å². The van der Waals surface area contributed by atoms with Crippen LogP contribution in [-0.4, -0.2) is 38.7 Å². The molecule has 0 saturated carbocycles. The van der Waals surface area contributed by atoms with Gasteiger partial charge in [-0.3, -0.25) is 14.3 Å². The van der Waals surface area contributed by atoms with E-state index < -0.39 is 0 Å². The first kappa shape index (κ1) is 21.6. The van der Waals surface area contributed by atoms with E-state index in [0.29, 0.717) is 40.3 Å². The summed E-state index contributed by atoms with van der Waals surface area (Å²) in [5.41, 5.74) is 4.56. The van der Waals surface area contributed by atoms with E-state index in [1.54, 1.807) is 17.0 Å². The van der Waals surface area contributed by atoms with Crippen LogP contribution in [0.5, 0.6) is 0 Å². The smallest absolute Gasteiger partial charge is 0.260 e. The number of nitrogens with one attached hydrogen (secondary N) is 2. The number of hydrogen-bond donors (Lipinski definition) is 2. The zero-order chi connectivity index (χ0) is 22.9. The van der Waals surface area contributed by atoms with Crippen molar-refractivity contribution in [1.29, 1.82) is 0 Å². The Bertz CT molecular complexity index is 1390. The summed E-state index contributed by atoms with van der Waals surface area (Å²) in [5.74, 6) is 0.540. The van der Waals surface area contributed by atoms with Crippen molar-refractivity contribution in [2.45, 2.75) is 32.9 Å². The highest BCUT2D eigenvalue weighted by atomic mass is 35.5. The average Bonchev–Trinajstić information content (AvgIpc) is 3.32. The molecule has 1 aromatic carbocycles. The van der Waals surface area contributed by atoms with E-state index in [-0.39, 0.29) is 5.56 Å². The molecule has 1 atom stereocenters. The molecule has 5 rings (SSSR count). The van der Waals surface area contributed by atoms with Gasteiger partial charge in [0.1, 0.15) is 5.65 Å². The molecule has 0 bridgehead atoms. The van der Waals surface area contributed by atoms with Gasteiger partial charge >= 0.3 is 0 Å². The summed E-state index contributed by atoms with van der Waals surface area (Å²) < 4.78 is 1.68. The summed E-state index contributed by atoms with van der Waals surface area (Å²) in [7, 11) is 0. The third kappa shape index (κ3) is 4.10. The van der Waals surface area contributed by atoms with Gasteiger partial charge in [-0.25, -0.2) is 4.98 Å². The monoisotopic (exact) mass is 460 g/mol. The Balaban J connectivity index is 1.57. The lowest BCUT2D eigenvalue weighted by atomic mass is 10.0. The van der Waals surface area contributed by atoms with E-state index in [4.69, 9.17) is 11.6 Å². The predicted octanol–water partition coefficient (Wildman–Crippen LogP) is 4.28. The third-order valence-corrected chi connectivity index (χ3v) is 6.39. The summed E-state index contributed by atoms with van der Waals surface area (Å²) in [6.07, 6.45) is 4.55. The summed E-state index contributed by atoms with van der Waals surface area (Å²) in [6, 6.07) is 11.8. The largest absolute Gasteiger partial charge is 0.350 e. The zero-order valence-electron chi connectivity index (χ0n) is 18.6. The van der Waals surface area contributed by atoms with Crippen LogP contribution in [0.25, 0.3) is 33.4 Å². The number of anilines is 1. The van der Waals surface area contributed by atoms with E-state index in [1.807, 2.05) is 50.2 Å². The van der Waals surface area contributed by atoms with E-state index >= 15 is 0 Å². The van der Waals surface area contributed by atoms with Gasteiger partial charge in [-0.15, -0.1) is 0 Å². The minimum Gasteiger partial charge on any atom is -0.350 e. The number of hydrogen-bond acceptors (Lipinski definition) is 6. The van der Waals surface area contributed by atoms with Gasteiger partial charge in [-0.1, -0.05) is 29.8 Å². The van der Waals surface area contributed by atoms with E-state index in [2.05, 4.69) is 25.6 Å². The SMILES string of the molecule is CCn1c(=O)c(-c2ccc(-c3ncccc3C)cc2Cl)cc2cnc(N[C@@H]3CCNC3)nc21. The van der Waals surface area contributed by atoms with Crippen molar-refractivity contribution in [3.8, 4) is 22.4 Å². The number of halogens is 1. The molecule has 0 unspecified atom stereocenters. The molecule has 2 N–H and O–H groups in total. The van der Waals surface area contributed by atoms with Gasteiger partial charge in [0.05, 0.1) is 5.69 Å². The molecule has 1 aliphatic heterocycles. The maximum absolute atomic E-state index is 13.4. The van der Waals surface area contributed by atoms with E-state index in [0.717, 1.165) is 41.7 Å². The van der Waals surface area contributed by atoms with Crippen molar-refractivity contribution < 1.29 is 0 Å². The Kier molecular flexibility index (Phi) is 5.83. The van der Waals surface area contributed by atoms with Crippen molar-refractivity contribution in [3.63, 3.8) is 0 Å². The molecule has 3 aromatic heterocycles. The molecule has 1 fully saturated rings. The van der Waals surface area contributed by atoms with Crippen molar-refractivity contribution in [3.05, 3.63) is 69.7 Å². The van der Waals surface area contributed by atoms with Crippen molar-refractivity contribution in [2.24, 2.45) is 0 Å². The van der Waals surface area contributed by atoms with Crippen LogP contribution in [0.1, 0.15) is 18.9 Å². The first-order chi connectivity index (χ1) is 16.0. The van der Waals surface area contributed by atoms with Crippen molar-refractivity contribution in [2.75, 3.05) is 18.4 Å². The van der Waals surface area contributed by atoms with E-state index in [1.165, 1.54) is 0 Å². The highest BCUT2D eigenvalue weighted by Gasteiger charge is 2.18. The number of benzene rings is 1. The molecule has 1 aliphatic rings. The van der Waals surface area contributed by atoms with Gasteiger partial charge in [0.25, 0.3) is 5.56 Å². The van der Waals surface area contributed by atoms with Crippen molar-refractivity contribution >= 4 is 28.6 Å². The third-order valence-electron chi connectivity index (χ3n) is 6.08. The number of nitrogens with zero attached hydrogens (tertiary/aromatic N) is 4. The van der Waals surface area contributed by atoms with Crippen LogP contribution < -0.4 is 16.2 Å². The van der Waals surface area contributed by atoms with Crippen LogP contribution in [0.2, 0.25) is 5.02 Å². The summed E-state index contributed by atoms with van der Waals surface area (Å²) in [4.78, 5) is 27.1. The molecule has 4 aromatic rings. The molecule has 4 heterocycles. The Morgan fingerprint density at radius 2 is 2.09 bits per heavy atom. The summed E-state index contributed by atoms with van der Waals surface area (Å²) in [6.45, 7) is 6.31. The van der Waals surface area contributed by atoms with Crippen LogP contribution in [0.3, 0.4) is 0 Å². The van der Waals surface area contributed by atoms with Gasteiger partial charge < -0.3 is 10.6 Å². The average molecular weight is 461 g/mol. The van der Waals surface area contributed by atoms with Gasteiger partial charge in [0, 0.05) is 58.6 Å². The molecule has 168 valence electrons. The summed E-state index contributed by atoms with van der Waals surface area (Å²) in [5, 5.41) is 7.98. The predicted molar refractivity (Wildman–Crippen MR) is 133 cm³/mol. The Morgan fingerprint density at radius 1 is 1.21 bits per heavy atom. The zero-order valence-corrected chi connectivity index (χ0v) is 19.4. The molecular weight excluding hydrogens is 436 g/mol. The molecular formula is C25H25ClN6O. The first-order valence-electron chi connectivity index (χ1n) is 11.1. The lowest BCUT2D eigenvalue weighted by molar-refractivity contribution is 0.745. The lowest BCUT2D eigenvalue weighted by Crippen LogP contribution is -2.25. The minimum absolute atomic E-state index is 0.124. The highest BCUT2D eigenvalue weighted by Crippen LogP contribution is 2.32. The molecule has 0 amide bonds. The quantitative estimate of drug-likeness (QED) is 0.462. The molecule has 0 radical (unpaired) electrons. The van der Waals surface area contributed by atoms with Crippen LogP contribution in [0, 0.1) is 6.92 Å². The van der Waals surface area contributed by atoms with Gasteiger partial charge in [-0.05, 0) is 50.6 Å². The van der Waals surface area contributed by atoms with Crippen LogP contribution in [0.15, 0.2) is 53.6 Å². The summed E-state index contributed by atoms with van der Waals surface area (Å²) >= 11 is 6.68. The van der Waals surface area contributed by atoms with Crippen LogP contribution >= 0.6 is 11.6 Å². The molecule has 8 heteroatoms. The Hall–Kier alpha value is -3.29. The normalized spacial score (nSPS) is 15.8. The number of pyridine rings is 2. The number of aryl methyl sites for hydroxylation is 2. The standard InChI is InChI=1S/C25H25ClN6O/c1-3-32-23-17(13-29-25(31-23)30-18-8-10-27-14-18)11-20(24(32)33)19-7-6-16(12-21(19)26)22-15(2)5-4-9-28-22/h4-7,9,11-13,18,27H,3,8,10,14H2,1-2H3,(H,29,30,31)/t18-/m1/s1. The fraction of sp³-hybridized carbons (Fsp3) is 0.280. The fourth-order valence-corrected chi connectivity index (χ4v) is 4.63. The lowest BCUT2D eigenvalue weighted by Gasteiger charge is -2.15. The molecule has 0 spiro atoms. The topological polar surface area (TPSA) is 84.7 Å². The van der Waals surface area contributed by atoms with E-state index in [9.17, 15) is 4.79 Å². The van der Waals surface area contributed by atoms with Crippen LogP contribution in [-0.2, 0) is 6.54 Å². The second kappa shape index (κ2) is 8.92. The second-order valence-electron chi connectivity index (χ2n) is 8.28.